The number of nitriles is 1. The molecular weight excluding hydrogens is 534 g/mol. The van der Waals surface area contributed by atoms with Gasteiger partial charge in [0.2, 0.25) is 6.17 Å². The summed E-state index contributed by atoms with van der Waals surface area (Å²) in [6.07, 6.45) is -5.15. The summed E-state index contributed by atoms with van der Waals surface area (Å²) in [5.74, 6) is -3.66. The molecule has 0 aliphatic carbocycles. The summed E-state index contributed by atoms with van der Waals surface area (Å²) in [5, 5.41) is 11.5. The van der Waals surface area contributed by atoms with Gasteiger partial charge in [-0.2, -0.15) is 5.26 Å². The molecule has 3 heterocycles. The van der Waals surface area contributed by atoms with Crippen LogP contribution in [0.1, 0.15) is 34.3 Å². The van der Waals surface area contributed by atoms with Gasteiger partial charge in [0.25, 0.3) is 24.1 Å². The van der Waals surface area contributed by atoms with Crippen molar-refractivity contribution in [3.8, 4) is 6.07 Å². The minimum absolute atomic E-state index is 0.0146. The van der Waals surface area contributed by atoms with Crippen LogP contribution in [0.4, 0.5) is 23.2 Å². The molecule has 40 heavy (non-hydrogen) atoms. The van der Waals surface area contributed by atoms with Gasteiger partial charge in [-0.25, -0.2) is 22.6 Å². The first-order valence-electron chi connectivity index (χ1n) is 12.5. The van der Waals surface area contributed by atoms with Crippen LogP contribution in [-0.2, 0) is 14.3 Å². The third-order valence-corrected chi connectivity index (χ3v) is 7.09. The van der Waals surface area contributed by atoms with Gasteiger partial charge in [-0.15, -0.1) is 0 Å². The van der Waals surface area contributed by atoms with E-state index in [1.165, 1.54) is 28.0 Å². The molecule has 13 heteroatoms. The molecule has 0 aromatic heterocycles. The lowest BCUT2D eigenvalue weighted by atomic mass is 10.0. The molecule has 3 amide bonds. The van der Waals surface area contributed by atoms with Crippen molar-refractivity contribution in [3.05, 3.63) is 63.4 Å². The second kappa shape index (κ2) is 11.1. The number of halogens is 4. The van der Waals surface area contributed by atoms with E-state index in [1.54, 1.807) is 0 Å². The molecule has 1 N–H and O–H groups in total. The number of alkyl halides is 3. The molecule has 2 aromatic carbocycles. The molecule has 9 nitrogen and oxygen atoms in total. The minimum atomic E-state index is -3.00. The second-order valence-corrected chi connectivity index (χ2v) is 9.55. The van der Waals surface area contributed by atoms with Crippen molar-refractivity contribution in [3.63, 3.8) is 0 Å². The molecule has 0 saturated carbocycles. The normalized spacial score (nSPS) is 20.7. The van der Waals surface area contributed by atoms with Crippen molar-refractivity contribution in [2.75, 3.05) is 44.3 Å². The quantitative estimate of drug-likeness (QED) is 0.552. The lowest BCUT2D eigenvalue weighted by molar-refractivity contribution is -0.123. The second-order valence-electron chi connectivity index (χ2n) is 9.55. The zero-order valence-corrected chi connectivity index (χ0v) is 21.0. The lowest BCUT2D eigenvalue weighted by Crippen LogP contribution is -2.47. The molecule has 0 radical (unpaired) electrons. The first-order valence-corrected chi connectivity index (χ1v) is 12.5. The summed E-state index contributed by atoms with van der Waals surface area (Å²) in [4.78, 5) is 44.9. The molecule has 0 spiro atoms. The Kier molecular flexibility index (Phi) is 7.53. The number of benzene rings is 2. The largest absolute Gasteiger partial charge is 0.378 e. The smallest absolute Gasteiger partial charge is 0.285 e. The summed E-state index contributed by atoms with van der Waals surface area (Å²) in [6.45, 7) is 1.24. The number of amides is 3. The SMILES string of the molecule is N#Cc1cc(C(=O)N2CCOCC2)c(N2CC[C@@H](NC(=O)C3=c4cccc(F)c4=NC(=O)C3F)C2)c(C(F)F)c1. The molecular formula is C27H23F4N5O4. The molecule has 0 bridgehead atoms. The standard InChI is InChI=1S/C27H23F4N5O4/c28-19-3-1-2-16-20(21(29)26(38)34-22(16)19)25(37)33-15-4-5-36(13-15)23-17(24(30)31)10-14(12-32)11-18(23)27(39)35-6-8-40-9-7-35/h1-3,10-11,15,21,24H,4-9,13H2,(H,33,37)/t15-,21?/m1/s1. The average Bonchev–Trinajstić information content (AvgIpc) is 3.41. The Morgan fingerprint density at radius 3 is 2.62 bits per heavy atom. The molecule has 3 aliphatic rings. The van der Waals surface area contributed by atoms with E-state index in [0.29, 0.717) is 0 Å². The van der Waals surface area contributed by atoms with Crippen molar-refractivity contribution >= 4 is 29.0 Å². The van der Waals surface area contributed by atoms with Gasteiger partial charge in [-0.05, 0) is 24.6 Å². The summed E-state index contributed by atoms with van der Waals surface area (Å²) in [6, 6.07) is 7.04. The van der Waals surface area contributed by atoms with Crippen LogP contribution in [0.25, 0.3) is 5.57 Å². The Morgan fingerprint density at radius 2 is 1.93 bits per heavy atom. The van der Waals surface area contributed by atoms with Gasteiger partial charge >= 0.3 is 0 Å². The highest BCUT2D eigenvalue weighted by Crippen LogP contribution is 2.37. The zero-order valence-electron chi connectivity index (χ0n) is 21.0. The molecule has 1 unspecified atom stereocenters. The van der Waals surface area contributed by atoms with Crippen molar-refractivity contribution in [1.82, 2.24) is 10.2 Å². The number of carbonyl (C=O) groups excluding carboxylic acids is 3. The van der Waals surface area contributed by atoms with Crippen molar-refractivity contribution < 1.29 is 36.7 Å². The maximum absolute atomic E-state index is 14.8. The first-order chi connectivity index (χ1) is 19.2. The highest BCUT2D eigenvalue weighted by molar-refractivity contribution is 6.20. The van der Waals surface area contributed by atoms with Crippen LogP contribution in [0.15, 0.2) is 35.3 Å². The van der Waals surface area contributed by atoms with Crippen LogP contribution in [-0.4, -0.2) is 74.2 Å². The van der Waals surface area contributed by atoms with Crippen LogP contribution in [0.2, 0.25) is 0 Å². The Labute approximate surface area is 225 Å². The third-order valence-electron chi connectivity index (χ3n) is 7.09. The van der Waals surface area contributed by atoms with Gasteiger partial charge < -0.3 is 19.9 Å². The number of nitrogens with one attached hydrogen (secondary N) is 1. The van der Waals surface area contributed by atoms with Gasteiger partial charge in [0, 0.05) is 43.0 Å². The number of para-hydroxylation sites is 1. The Morgan fingerprint density at radius 1 is 1.18 bits per heavy atom. The van der Waals surface area contributed by atoms with Crippen molar-refractivity contribution in [1.29, 1.82) is 5.26 Å². The van der Waals surface area contributed by atoms with Gasteiger partial charge in [0.1, 0.15) is 11.2 Å². The number of hydrogen-bond acceptors (Lipinski definition) is 6. The molecule has 3 aliphatic heterocycles. The number of hydrogen-bond donors (Lipinski definition) is 1. The van der Waals surface area contributed by atoms with Gasteiger partial charge in [-0.1, -0.05) is 12.1 Å². The number of morpholine rings is 1. The maximum atomic E-state index is 14.8. The van der Waals surface area contributed by atoms with E-state index in [-0.39, 0.29) is 67.8 Å². The minimum Gasteiger partial charge on any atom is -0.378 e. The predicted molar refractivity (Wildman–Crippen MR) is 132 cm³/mol. The molecule has 2 fully saturated rings. The number of fused-ring (bicyclic) bond motifs is 1. The van der Waals surface area contributed by atoms with Crippen LogP contribution in [0.5, 0.6) is 0 Å². The summed E-state index contributed by atoms with van der Waals surface area (Å²) >= 11 is 0. The molecule has 2 saturated heterocycles. The fourth-order valence-electron chi connectivity index (χ4n) is 5.20. The molecule has 5 rings (SSSR count). The number of rotatable bonds is 5. The highest BCUT2D eigenvalue weighted by Gasteiger charge is 2.36. The summed E-state index contributed by atoms with van der Waals surface area (Å²) in [5.41, 5.74) is -1.28. The number of nitrogens with zero attached hydrogens (tertiary/aromatic N) is 4. The monoisotopic (exact) mass is 557 g/mol. The van der Waals surface area contributed by atoms with Crippen LogP contribution in [0, 0.1) is 17.1 Å². The van der Waals surface area contributed by atoms with E-state index in [2.05, 4.69) is 10.3 Å². The van der Waals surface area contributed by atoms with Crippen molar-refractivity contribution in [2.24, 2.45) is 4.99 Å². The first kappa shape index (κ1) is 27.3. The number of ether oxygens (including phenoxy) is 1. The van der Waals surface area contributed by atoms with Gasteiger partial charge in [0.15, 0.2) is 0 Å². The fraction of sp³-hybridized carbons (Fsp3) is 0.370. The number of anilines is 1. The lowest BCUT2D eigenvalue weighted by Gasteiger charge is -2.30. The van der Waals surface area contributed by atoms with E-state index < -0.39 is 58.7 Å². The maximum Gasteiger partial charge on any atom is 0.285 e. The summed E-state index contributed by atoms with van der Waals surface area (Å²) < 4.78 is 62.7. The highest BCUT2D eigenvalue weighted by atomic mass is 19.3. The predicted octanol–water partition coefficient (Wildman–Crippen LogP) is 1.15. The van der Waals surface area contributed by atoms with Crippen molar-refractivity contribution in [2.45, 2.75) is 25.1 Å². The fourth-order valence-corrected chi connectivity index (χ4v) is 5.20. The van der Waals surface area contributed by atoms with Crippen LogP contribution in [0.3, 0.4) is 0 Å². The summed E-state index contributed by atoms with van der Waals surface area (Å²) in [7, 11) is 0. The third kappa shape index (κ3) is 5.02. The molecule has 2 aromatic rings. The Bertz CT molecular complexity index is 1550. The van der Waals surface area contributed by atoms with E-state index in [9.17, 15) is 37.2 Å². The Hall–Kier alpha value is -4.31. The molecule has 208 valence electrons. The zero-order chi connectivity index (χ0) is 28.6. The molecule has 2 atom stereocenters. The van der Waals surface area contributed by atoms with E-state index in [0.717, 1.165) is 12.1 Å². The topological polar surface area (TPSA) is 115 Å². The van der Waals surface area contributed by atoms with E-state index in [1.807, 2.05) is 6.07 Å². The Balaban J connectivity index is 1.45. The van der Waals surface area contributed by atoms with E-state index >= 15 is 0 Å². The van der Waals surface area contributed by atoms with Gasteiger partial charge in [-0.3, -0.25) is 14.4 Å². The van der Waals surface area contributed by atoms with Crippen LogP contribution >= 0.6 is 0 Å². The van der Waals surface area contributed by atoms with Gasteiger partial charge in [0.05, 0.1) is 41.7 Å². The number of carbonyl (C=O) groups is 3. The average molecular weight is 558 g/mol. The van der Waals surface area contributed by atoms with Crippen LogP contribution < -0.4 is 20.8 Å². The van der Waals surface area contributed by atoms with E-state index in [4.69, 9.17) is 4.74 Å².